The Morgan fingerprint density at radius 3 is 2.53 bits per heavy atom. The van der Waals surface area contributed by atoms with Crippen LogP contribution in [0.15, 0.2) is 45.7 Å². The van der Waals surface area contributed by atoms with Gasteiger partial charge in [0.05, 0.1) is 12.3 Å². The van der Waals surface area contributed by atoms with Crippen LogP contribution in [-0.2, 0) is 12.3 Å². The lowest BCUT2D eigenvalue weighted by Gasteiger charge is -2.01. The second-order valence-electron chi connectivity index (χ2n) is 4.65. The van der Waals surface area contributed by atoms with E-state index < -0.39 is 0 Å². The summed E-state index contributed by atoms with van der Waals surface area (Å²) >= 11 is 1.81. The van der Waals surface area contributed by atoms with Crippen molar-refractivity contribution < 1.29 is 4.42 Å². The van der Waals surface area contributed by atoms with E-state index in [0.29, 0.717) is 0 Å². The summed E-state index contributed by atoms with van der Waals surface area (Å²) in [5, 5.41) is 3.34. The third-order valence-electron chi connectivity index (χ3n) is 2.85. The highest BCUT2D eigenvalue weighted by molar-refractivity contribution is 7.98. The lowest BCUT2D eigenvalue weighted by atomic mass is 10.2. The molecule has 0 bridgehead atoms. The molecule has 2 nitrogen and oxygen atoms in total. The lowest BCUT2D eigenvalue weighted by molar-refractivity contribution is 0.459. The molecule has 0 saturated heterocycles. The Bertz CT molecular complexity index is 490. The topological polar surface area (TPSA) is 25.2 Å². The quantitative estimate of drug-likeness (QED) is 0.599. The Kier molecular flexibility index (Phi) is 5.55. The standard InChI is InChI=1S/C16H21NOS/c1-3-10-17-11-14-6-7-15(18-14)12-19-16-8-4-13(2)5-9-16/h4-9,17H,3,10-12H2,1-2H3. The van der Waals surface area contributed by atoms with Crippen LogP contribution in [0.25, 0.3) is 0 Å². The molecule has 0 radical (unpaired) electrons. The molecule has 19 heavy (non-hydrogen) atoms. The van der Waals surface area contributed by atoms with Crippen LogP contribution >= 0.6 is 11.8 Å². The molecule has 1 aromatic heterocycles. The van der Waals surface area contributed by atoms with E-state index in [0.717, 1.165) is 36.8 Å². The number of furan rings is 1. The minimum absolute atomic E-state index is 0.822. The van der Waals surface area contributed by atoms with E-state index in [1.165, 1.54) is 10.5 Å². The smallest absolute Gasteiger partial charge is 0.118 e. The second-order valence-corrected chi connectivity index (χ2v) is 5.70. The number of hydrogen-bond acceptors (Lipinski definition) is 3. The average Bonchev–Trinajstić information content (AvgIpc) is 2.86. The van der Waals surface area contributed by atoms with Crippen molar-refractivity contribution in [2.45, 2.75) is 37.5 Å². The summed E-state index contributed by atoms with van der Waals surface area (Å²) in [6.45, 7) is 6.13. The molecule has 3 heteroatoms. The predicted molar refractivity (Wildman–Crippen MR) is 81.4 cm³/mol. The summed E-state index contributed by atoms with van der Waals surface area (Å²) in [6.07, 6.45) is 1.15. The summed E-state index contributed by atoms with van der Waals surface area (Å²) in [5.41, 5.74) is 1.30. The molecule has 0 amide bonds. The van der Waals surface area contributed by atoms with Crippen LogP contribution in [0.4, 0.5) is 0 Å². The molecule has 2 aromatic rings. The fourth-order valence-electron chi connectivity index (χ4n) is 1.77. The van der Waals surface area contributed by atoms with E-state index >= 15 is 0 Å². The van der Waals surface area contributed by atoms with Gasteiger partial charge in [-0.15, -0.1) is 11.8 Å². The Morgan fingerprint density at radius 2 is 1.79 bits per heavy atom. The first-order valence-corrected chi connectivity index (χ1v) is 7.74. The van der Waals surface area contributed by atoms with Gasteiger partial charge in [-0.1, -0.05) is 24.6 Å². The third-order valence-corrected chi connectivity index (χ3v) is 3.88. The molecule has 1 aromatic carbocycles. The fourth-order valence-corrected chi connectivity index (χ4v) is 2.56. The van der Waals surface area contributed by atoms with Gasteiger partial charge in [-0.05, 0) is 44.2 Å². The molecule has 1 N–H and O–H groups in total. The summed E-state index contributed by atoms with van der Waals surface area (Å²) in [4.78, 5) is 1.28. The second kappa shape index (κ2) is 7.41. The molecule has 0 atom stereocenters. The van der Waals surface area contributed by atoms with Crippen molar-refractivity contribution in [3.8, 4) is 0 Å². The maximum atomic E-state index is 5.79. The summed E-state index contributed by atoms with van der Waals surface area (Å²) in [7, 11) is 0. The van der Waals surface area contributed by atoms with Gasteiger partial charge >= 0.3 is 0 Å². The molecule has 0 fully saturated rings. The van der Waals surface area contributed by atoms with Crippen LogP contribution in [0.1, 0.15) is 30.4 Å². The number of aryl methyl sites for hydroxylation is 1. The summed E-state index contributed by atoms with van der Waals surface area (Å²) in [5.74, 6) is 2.95. The number of benzene rings is 1. The molecule has 0 aliphatic carbocycles. The van der Waals surface area contributed by atoms with Crippen molar-refractivity contribution in [2.24, 2.45) is 0 Å². The van der Waals surface area contributed by atoms with Crippen LogP contribution in [-0.4, -0.2) is 6.54 Å². The van der Waals surface area contributed by atoms with Crippen LogP contribution in [0.3, 0.4) is 0 Å². The highest BCUT2D eigenvalue weighted by Gasteiger charge is 2.02. The monoisotopic (exact) mass is 275 g/mol. The van der Waals surface area contributed by atoms with Gasteiger partial charge in [-0.3, -0.25) is 0 Å². The minimum Gasteiger partial charge on any atom is -0.464 e. The number of hydrogen-bond donors (Lipinski definition) is 1. The Balaban J connectivity index is 1.81. The molecule has 2 rings (SSSR count). The summed E-state index contributed by atoms with van der Waals surface area (Å²) in [6, 6.07) is 12.7. The highest BCUT2D eigenvalue weighted by atomic mass is 32.2. The van der Waals surface area contributed by atoms with E-state index in [1.54, 1.807) is 0 Å². The van der Waals surface area contributed by atoms with Gasteiger partial charge in [0.25, 0.3) is 0 Å². The molecule has 0 aliphatic rings. The zero-order chi connectivity index (χ0) is 13.5. The number of rotatable bonds is 7. The zero-order valence-electron chi connectivity index (χ0n) is 11.6. The van der Waals surface area contributed by atoms with Crippen molar-refractivity contribution in [1.29, 1.82) is 0 Å². The highest BCUT2D eigenvalue weighted by Crippen LogP contribution is 2.24. The van der Waals surface area contributed by atoms with E-state index in [9.17, 15) is 0 Å². The number of nitrogens with one attached hydrogen (secondary N) is 1. The van der Waals surface area contributed by atoms with E-state index in [2.05, 4.69) is 55.6 Å². The van der Waals surface area contributed by atoms with Gasteiger partial charge < -0.3 is 9.73 Å². The first kappa shape index (κ1) is 14.2. The van der Waals surface area contributed by atoms with Crippen molar-refractivity contribution >= 4 is 11.8 Å². The SMILES string of the molecule is CCCNCc1ccc(CSc2ccc(C)cc2)o1. The molecular formula is C16H21NOS. The third kappa shape index (κ3) is 4.77. The zero-order valence-corrected chi connectivity index (χ0v) is 12.4. The van der Waals surface area contributed by atoms with Gasteiger partial charge in [-0.2, -0.15) is 0 Å². The van der Waals surface area contributed by atoms with E-state index in [4.69, 9.17) is 4.42 Å². The maximum absolute atomic E-state index is 5.79. The molecule has 0 saturated carbocycles. The fraction of sp³-hybridized carbons (Fsp3) is 0.375. The molecule has 1 heterocycles. The first-order valence-electron chi connectivity index (χ1n) is 6.75. The molecular weight excluding hydrogens is 254 g/mol. The Morgan fingerprint density at radius 1 is 1.05 bits per heavy atom. The van der Waals surface area contributed by atoms with Crippen LogP contribution in [0.5, 0.6) is 0 Å². The van der Waals surface area contributed by atoms with Crippen molar-refractivity contribution in [2.75, 3.05) is 6.54 Å². The van der Waals surface area contributed by atoms with E-state index in [1.807, 2.05) is 11.8 Å². The molecule has 102 valence electrons. The van der Waals surface area contributed by atoms with Crippen LogP contribution < -0.4 is 5.32 Å². The largest absolute Gasteiger partial charge is 0.464 e. The van der Waals surface area contributed by atoms with Gasteiger partial charge in [0.2, 0.25) is 0 Å². The normalized spacial score (nSPS) is 10.8. The number of thioether (sulfide) groups is 1. The Labute approximate surface area is 119 Å². The lowest BCUT2D eigenvalue weighted by Crippen LogP contribution is -2.12. The van der Waals surface area contributed by atoms with Crippen molar-refractivity contribution in [3.63, 3.8) is 0 Å². The van der Waals surface area contributed by atoms with Gasteiger partial charge in [0, 0.05) is 4.90 Å². The first-order chi connectivity index (χ1) is 9.28. The van der Waals surface area contributed by atoms with Crippen molar-refractivity contribution in [3.05, 3.63) is 53.5 Å². The molecule has 0 aliphatic heterocycles. The maximum Gasteiger partial charge on any atom is 0.118 e. The summed E-state index contributed by atoms with van der Waals surface area (Å²) < 4.78 is 5.79. The molecule has 0 spiro atoms. The minimum atomic E-state index is 0.822. The van der Waals surface area contributed by atoms with E-state index in [-0.39, 0.29) is 0 Å². The van der Waals surface area contributed by atoms with Gasteiger partial charge in [-0.25, -0.2) is 0 Å². The van der Waals surface area contributed by atoms with Gasteiger partial charge in [0.15, 0.2) is 0 Å². The van der Waals surface area contributed by atoms with Gasteiger partial charge in [0.1, 0.15) is 11.5 Å². The Hall–Kier alpha value is -1.19. The van der Waals surface area contributed by atoms with Crippen LogP contribution in [0, 0.1) is 6.92 Å². The van der Waals surface area contributed by atoms with Crippen LogP contribution in [0.2, 0.25) is 0 Å². The average molecular weight is 275 g/mol. The predicted octanol–water partition coefficient (Wildman–Crippen LogP) is 4.38. The van der Waals surface area contributed by atoms with Crippen molar-refractivity contribution in [1.82, 2.24) is 5.32 Å². The molecule has 0 unspecified atom stereocenters.